The minimum absolute atomic E-state index is 0.101. The minimum atomic E-state index is -0.466. The van der Waals surface area contributed by atoms with Gasteiger partial charge in [-0.25, -0.2) is 4.39 Å². The molecule has 2 N–H and O–H groups in total. The molecule has 0 atom stereocenters. The number of aromatic hydroxyl groups is 1. The van der Waals surface area contributed by atoms with Gasteiger partial charge in [-0.05, 0) is 49.7 Å². The Balaban J connectivity index is 2.28. The highest BCUT2D eigenvalue weighted by atomic mass is 19.1. The van der Waals surface area contributed by atoms with Gasteiger partial charge in [0.05, 0.1) is 5.56 Å². The lowest BCUT2D eigenvalue weighted by Crippen LogP contribution is -2.12. The van der Waals surface area contributed by atoms with E-state index in [-0.39, 0.29) is 11.3 Å². The predicted molar refractivity (Wildman–Crippen MR) is 71.9 cm³/mol. The van der Waals surface area contributed by atoms with Gasteiger partial charge >= 0.3 is 0 Å². The summed E-state index contributed by atoms with van der Waals surface area (Å²) in [5.74, 6) is -0.980. The van der Waals surface area contributed by atoms with Gasteiger partial charge in [0.25, 0.3) is 5.91 Å². The second-order valence-corrected chi connectivity index (χ2v) is 4.49. The zero-order valence-electron chi connectivity index (χ0n) is 10.7. The summed E-state index contributed by atoms with van der Waals surface area (Å²) in [5, 5.41) is 12.2. The quantitative estimate of drug-likeness (QED) is 0.868. The van der Waals surface area contributed by atoms with E-state index in [4.69, 9.17) is 0 Å². The molecular formula is C15H14FNO2. The molecule has 0 aliphatic rings. The summed E-state index contributed by atoms with van der Waals surface area (Å²) in [4.78, 5) is 12.0. The van der Waals surface area contributed by atoms with Crippen LogP contribution in [0.5, 0.6) is 5.75 Å². The summed E-state index contributed by atoms with van der Waals surface area (Å²) in [6, 6.07) is 9.02. The zero-order valence-corrected chi connectivity index (χ0v) is 10.7. The number of anilines is 1. The number of nitrogens with one attached hydrogen (secondary N) is 1. The van der Waals surface area contributed by atoms with Crippen LogP contribution in [-0.4, -0.2) is 11.0 Å². The van der Waals surface area contributed by atoms with E-state index in [9.17, 15) is 14.3 Å². The minimum Gasteiger partial charge on any atom is -0.507 e. The van der Waals surface area contributed by atoms with Crippen LogP contribution in [0, 0.1) is 19.7 Å². The monoisotopic (exact) mass is 259 g/mol. The van der Waals surface area contributed by atoms with Crippen molar-refractivity contribution in [1.29, 1.82) is 0 Å². The first-order valence-electron chi connectivity index (χ1n) is 5.84. The predicted octanol–water partition coefficient (Wildman–Crippen LogP) is 3.40. The first kappa shape index (κ1) is 13.1. The Morgan fingerprint density at radius 2 is 1.84 bits per heavy atom. The van der Waals surface area contributed by atoms with Crippen molar-refractivity contribution in [2.24, 2.45) is 0 Å². The van der Waals surface area contributed by atoms with Crippen LogP contribution in [0.4, 0.5) is 10.1 Å². The van der Waals surface area contributed by atoms with E-state index < -0.39 is 11.7 Å². The van der Waals surface area contributed by atoms with Gasteiger partial charge in [-0.1, -0.05) is 11.6 Å². The van der Waals surface area contributed by atoms with Gasteiger partial charge in [0.1, 0.15) is 11.6 Å². The molecule has 0 saturated heterocycles. The van der Waals surface area contributed by atoms with Gasteiger partial charge in [-0.2, -0.15) is 0 Å². The smallest absolute Gasteiger partial charge is 0.259 e. The summed E-state index contributed by atoms with van der Waals surface area (Å²) >= 11 is 0. The highest BCUT2D eigenvalue weighted by Gasteiger charge is 2.12. The van der Waals surface area contributed by atoms with E-state index >= 15 is 0 Å². The van der Waals surface area contributed by atoms with E-state index in [1.165, 1.54) is 18.2 Å². The largest absolute Gasteiger partial charge is 0.507 e. The maximum absolute atomic E-state index is 13.2. The molecule has 0 heterocycles. The van der Waals surface area contributed by atoms with Crippen molar-refractivity contribution >= 4 is 11.6 Å². The lowest BCUT2D eigenvalue weighted by atomic mass is 10.1. The second kappa shape index (κ2) is 5.10. The Morgan fingerprint density at radius 3 is 2.53 bits per heavy atom. The number of phenolic OH excluding ortho intramolecular Hbond substituents is 1. The Bertz CT molecular complexity index is 618. The van der Waals surface area contributed by atoms with Crippen LogP contribution in [0.2, 0.25) is 0 Å². The molecule has 0 saturated carbocycles. The van der Waals surface area contributed by atoms with Gasteiger partial charge in [-0.15, -0.1) is 0 Å². The van der Waals surface area contributed by atoms with Crippen LogP contribution < -0.4 is 5.32 Å². The zero-order chi connectivity index (χ0) is 14.0. The molecule has 1 amide bonds. The third-order valence-electron chi connectivity index (χ3n) is 2.70. The molecule has 0 bridgehead atoms. The van der Waals surface area contributed by atoms with Crippen molar-refractivity contribution < 1.29 is 14.3 Å². The number of rotatable bonds is 2. The van der Waals surface area contributed by atoms with E-state index in [1.807, 2.05) is 6.92 Å². The van der Waals surface area contributed by atoms with Crippen LogP contribution in [0.3, 0.4) is 0 Å². The average molecular weight is 259 g/mol. The van der Waals surface area contributed by atoms with Gasteiger partial charge in [0.2, 0.25) is 0 Å². The summed E-state index contributed by atoms with van der Waals surface area (Å²) in [7, 11) is 0. The van der Waals surface area contributed by atoms with E-state index in [2.05, 4.69) is 5.32 Å². The maximum Gasteiger partial charge on any atom is 0.259 e. The summed E-state index contributed by atoms with van der Waals surface area (Å²) in [6.07, 6.45) is 0. The van der Waals surface area contributed by atoms with Crippen LogP contribution in [0.1, 0.15) is 21.5 Å². The summed E-state index contributed by atoms with van der Waals surface area (Å²) in [5.41, 5.74) is 2.10. The fourth-order valence-electron chi connectivity index (χ4n) is 1.84. The SMILES string of the molecule is Cc1cc(F)cc(NC(=O)c2cc(C)ccc2O)c1. The number of hydrogen-bond acceptors (Lipinski definition) is 2. The van der Waals surface area contributed by atoms with Crippen LogP contribution in [0.15, 0.2) is 36.4 Å². The number of amides is 1. The number of aryl methyl sites for hydroxylation is 2. The number of carbonyl (C=O) groups excluding carboxylic acids is 1. The lowest BCUT2D eigenvalue weighted by Gasteiger charge is -2.08. The van der Waals surface area contributed by atoms with Crippen molar-refractivity contribution in [1.82, 2.24) is 0 Å². The van der Waals surface area contributed by atoms with Gasteiger partial charge in [0.15, 0.2) is 0 Å². The summed E-state index contributed by atoms with van der Waals surface area (Å²) < 4.78 is 13.2. The highest BCUT2D eigenvalue weighted by Crippen LogP contribution is 2.20. The molecule has 0 aromatic heterocycles. The topological polar surface area (TPSA) is 49.3 Å². The highest BCUT2D eigenvalue weighted by molar-refractivity contribution is 6.06. The molecule has 2 aromatic rings. The van der Waals surface area contributed by atoms with Crippen LogP contribution in [-0.2, 0) is 0 Å². The van der Waals surface area contributed by atoms with E-state index in [1.54, 1.807) is 25.1 Å². The standard InChI is InChI=1S/C15H14FNO2/c1-9-3-4-14(18)13(7-9)15(19)17-12-6-10(2)5-11(16)8-12/h3-8,18H,1-2H3,(H,17,19). The number of hydrogen-bond donors (Lipinski definition) is 2. The molecule has 19 heavy (non-hydrogen) atoms. The van der Waals surface area contributed by atoms with Crippen LogP contribution >= 0.6 is 0 Å². The maximum atomic E-state index is 13.2. The molecule has 0 radical (unpaired) electrons. The molecule has 0 spiro atoms. The molecule has 0 aliphatic carbocycles. The van der Waals surface area contributed by atoms with Crippen molar-refractivity contribution in [3.63, 3.8) is 0 Å². The van der Waals surface area contributed by atoms with Gasteiger partial charge < -0.3 is 10.4 Å². The van der Waals surface area contributed by atoms with Crippen molar-refractivity contribution in [2.75, 3.05) is 5.32 Å². The number of phenols is 1. The normalized spacial score (nSPS) is 10.3. The molecule has 3 nitrogen and oxygen atoms in total. The molecule has 0 aliphatic heterocycles. The number of halogens is 1. The lowest BCUT2D eigenvalue weighted by molar-refractivity contribution is 0.102. The molecule has 0 unspecified atom stereocenters. The van der Waals surface area contributed by atoms with Crippen LogP contribution in [0.25, 0.3) is 0 Å². The number of benzene rings is 2. The van der Waals surface area contributed by atoms with Gasteiger partial charge in [-0.3, -0.25) is 4.79 Å². The molecule has 98 valence electrons. The van der Waals surface area contributed by atoms with E-state index in [0.29, 0.717) is 11.3 Å². The average Bonchev–Trinajstić information content (AvgIpc) is 2.30. The fraction of sp³-hybridized carbons (Fsp3) is 0.133. The third kappa shape index (κ3) is 3.10. The van der Waals surface area contributed by atoms with E-state index in [0.717, 1.165) is 5.56 Å². The Kier molecular flexibility index (Phi) is 3.51. The third-order valence-corrected chi connectivity index (χ3v) is 2.70. The Morgan fingerprint density at radius 1 is 1.11 bits per heavy atom. The molecule has 4 heteroatoms. The first-order chi connectivity index (χ1) is 8.95. The first-order valence-corrected chi connectivity index (χ1v) is 5.84. The van der Waals surface area contributed by atoms with Crippen molar-refractivity contribution in [2.45, 2.75) is 13.8 Å². The molecular weight excluding hydrogens is 245 g/mol. The molecule has 2 aromatic carbocycles. The Hall–Kier alpha value is -2.36. The molecule has 0 fully saturated rings. The summed E-state index contributed by atoms with van der Waals surface area (Å²) in [6.45, 7) is 3.56. The van der Waals surface area contributed by atoms with Crippen molar-refractivity contribution in [3.05, 3.63) is 58.9 Å². The second-order valence-electron chi connectivity index (χ2n) is 4.49. The van der Waals surface area contributed by atoms with Gasteiger partial charge in [0, 0.05) is 5.69 Å². The number of carbonyl (C=O) groups is 1. The Labute approximate surface area is 110 Å². The van der Waals surface area contributed by atoms with Crippen molar-refractivity contribution in [3.8, 4) is 5.75 Å². The molecule has 2 rings (SSSR count). The fourth-order valence-corrected chi connectivity index (χ4v) is 1.84.